The molecule has 0 bridgehead atoms. The summed E-state index contributed by atoms with van der Waals surface area (Å²) in [5.41, 5.74) is 0. The molecule has 2 rings (SSSR count). The van der Waals surface area contributed by atoms with Gasteiger partial charge in [0.1, 0.15) is 0 Å². The van der Waals surface area contributed by atoms with Crippen molar-refractivity contribution >= 4 is 7.12 Å². The standard InChI is InChI=1S/C6H11BO2/c8-7(9)6-3-1-2-5(6)4-6/h5,8-9H,1-4H2. The van der Waals surface area contributed by atoms with Gasteiger partial charge in [-0.3, -0.25) is 0 Å². The lowest BCUT2D eigenvalue weighted by Crippen LogP contribution is -2.20. The van der Waals surface area contributed by atoms with E-state index in [2.05, 4.69) is 0 Å². The quantitative estimate of drug-likeness (QED) is 0.499. The molecule has 0 aromatic heterocycles. The van der Waals surface area contributed by atoms with Gasteiger partial charge in [0.25, 0.3) is 0 Å². The maximum absolute atomic E-state index is 8.91. The Morgan fingerprint density at radius 1 is 1.44 bits per heavy atom. The molecule has 0 heterocycles. The Labute approximate surface area is 55.0 Å². The van der Waals surface area contributed by atoms with Crippen LogP contribution in [0.5, 0.6) is 0 Å². The van der Waals surface area contributed by atoms with Gasteiger partial charge in [-0.1, -0.05) is 12.8 Å². The average molecular weight is 126 g/mol. The lowest BCUT2D eigenvalue weighted by atomic mass is 9.67. The van der Waals surface area contributed by atoms with Gasteiger partial charge < -0.3 is 10.0 Å². The molecule has 0 saturated heterocycles. The van der Waals surface area contributed by atoms with Crippen molar-refractivity contribution in [2.45, 2.75) is 31.0 Å². The van der Waals surface area contributed by atoms with Gasteiger partial charge in [0.2, 0.25) is 0 Å². The normalized spacial score (nSPS) is 46.7. The van der Waals surface area contributed by atoms with E-state index in [0.29, 0.717) is 5.92 Å². The molecule has 9 heavy (non-hydrogen) atoms. The highest BCUT2D eigenvalue weighted by molar-refractivity contribution is 6.47. The Bertz CT molecular complexity index is 133. The second-order valence-corrected chi connectivity index (χ2v) is 3.40. The van der Waals surface area contributed by atoms with Crippen molar-refractivity contribution in [2.24, 2.45) is 5.92 Å². The molecule has 2 saturated carbocycles. The molecule has 0 aromatic carbocycles. The van der Waals surface area contributed by atoms with Gasteiger partial charge in [-0.25, -0.2) is 0 Å². The maximum atomic E-state index is 8.91. The minimum absolute atomic E-state index is 0.0278. The number of fused-ring (bicyclic) bond motifs is 1. The summed E-state index contributed by atoms with van der Waals surface area (Å²) in [7, 11) is -1.04. The Kier molecular flexibility index (Phi) is 0.973. The highest BCUT2D eigenvalue weighted by atomic mass is 16.4. The first-order valence-electron chi connectivity index (χ1n) is 3.62. The summed E-state index contributed by atoms with van der Waals surface area (Å²) in [5.74, 6) is 0.650. The van der Waals surface area contributed by atoms with Gasteiger partial charge in [-0.2, -0.15) is 0 Å². The fourth-order valence-corrected chi connectivity index (χ4v) is 2.22. The third-order valence-corrected chi connectivity index (χ3v) is 2.99. The third-order valence-electron chi connectivity index (χ3n) is 2.99. The minimum Gasteiger partial charge on any atom is -0.427 e. The lowest BCUT2D eigenvalue weighted by molar-refractivity contribution is 0.375. The fourth-order valence-electron chi connectivity index (χ4n) is 2.22. The van der Waals surface area contributed by atoms with Crippen LogP contribution in [0.4, 0.5) is 0 Å². The van der Waals surface area contributed by atoms with E-state index in [4.69, 9.17) is 10.0 Å². The molecule has 0 radical (unpaired) electrons. The van der Waals surface area contributed by atoms with Crippen LogP contribution in [-0.4, -0.2) is 17.2 Å². The van der Waals surface area contributed by atoms with Crippen LogP contribution in [0.2, 0.25) is 5.31 Å². The number of hydrogen-bond acceptors (Lipinski definition) is 2. The molecule has 0 amide bonds. The molecule has 2 atom stereocenters. The summed E-state index contributed by atoms with van der Waals surface area (Å²) >= 11 is 0. The molecular formula is C6H11BO2. The Morgan fingerprint density at radius 3 is 2.44 bits per heavy atom. The zero-order valence-electron chi connectivity index (χ0n) is 5.38. The molecule has 2 fully saturated rings. The first-order chi connectivity index (χ1) is 4.26. The first-order valence-corrected chi connectivity index (χ1v) is 3.62. The largest absolute Gasteiger partial charge is 0.458 e. The van der Waals surface area contributed by atoms with E-state index in [0.717, 1.165) is 12.8 Å². The van der Waals surface area contributed by atoms with Crippen molar-refractivity contribution in [3.8, 4) is 0 Å². The lowest BCUT2D eigenvalue weighted by Gasteiger charge is -2.07. The highest BCUT2D eigenvalue weighted by Gasteiger charge is 2.63. The second-order valence-electron chi connectivity index (χ2n) is 3.40. The topological polar surface area (TPSA) is 40.5 Å². The molecular weight excluding hydrogens is 115 g/mol. The van der Waals surface area contributed by atoms with E-state index in [1.165, 1.54) is 12.8 Å². The van der Waals surface area contributed by atoms with Crippen molar-refractivity contribution < 1.29 is 10.0 Å². The zero-order chi connectivity index (χ0) is 6.48. The van der Waals surface area contributed by atoms with Gasteiger partial charge in [-0.15, -0.1) is 0 Å². The van der Waals surface area contributed by atoms with Crippen LogP contribution in [0.3, 0.4) is 0 Å². The molecule has 50 valence electrons. The summed E-state index contributed by atoms with van der Waals surface area (Å²) < 4.78 is 0. The fraction of sp³-hybridized carbons (Fsp3) is 1.00. The van der Waals surface area contributed by atoms with Gasteiger partial charge in [0.05, 0.1) is 0 Å². The van der Waals surface area contributed by atoms with Crippen molar-refractivity contribution in [3.05, 3.63) is 0 Å². The van der Waals surface area contributed by atoms with Crippen molar-refractivity contribution in [3.63, 3.8) is 0 Å². The summed E-state index contributed by atoms with van der Waals surface area (Å²) in [5, 5.41) is 17.8. The van der Waals surface area contributed by atoms with E-state index in [9.17, 15) is 0 Å². The van der Waals surface area contributed by atoms with Crippen LogP contribution < -0.4 is 0 Å². The predicted molar refractivity (Wildman–Crippen MR) is 34.8 cm³/mol. The number of hydrogen-bond donors (Lipinski definition) is 2. The minimum atomic E-state index is -1.04. The van der Waals surface area contributed by atoms with E-state index < -0.39 is 7.12 Å². The van der Waals surface area contributed by atoms with Crippen molar-refractivity contribution in [2.75, 3.05) is 0 Å². The Morgan fingerprint density at radius 2 is 2.22 bits per heavy atom. The molecule has 2 nitrogen and oxygen atoms in total. The smallest absolute Gasteiger partial charge is 0.427 e. The van der Waals surface area contributed by atoms with Gasteiger partial charge in [0, 0.05) is 5.31 Å². The molecule has 2 aliphatic rings. The zero-order valence-corrected chi connectivity index (χ0v) is 5.38. The van der Waals surface area contributed by atoms with Crippen LogP contribution in [0, 0.1) is 5.92 Å². The van der Waals surface area contributed by atoms with E-state index in [1.807, 2.05) is 0 Å². The van der Waals surface area contributed by atoms with E-state index >= 15 is 0 Å². The molecule has 2 unspecified atom stereocenters. The summed E-state index contributed by atoms with van der Waals surface area (Å²) in [6.07, 6.45) is 4.51. The Balaban J connectivity index is 2.10. The monoisotopic (exact) mass is 126 g/mol. The van der Waals surface area contributed by atoms with Crippen LogP contribution in [0.1, 0.15) is 25.7 Å². The third kappa shape index (κ3) is 0.592. The maximum Gasteiger partial charge on any atom is 0.458 e. The molecule has 0 aromatic rings. The van der Waals surface area contributed by atoms with Crippen LogP contribution >= 0.6 is 0 Å². The average Bonchev–Trinajstić information content (AvgIpc) is 2.38. The second kappa shape index (κ2) is 1.52. The van der Waals surface area contributed by atoms with E-state index in [1.54, 1.807) is 0 Å². The van der Waals surface area contributed by atoms with Crippen LogP contribution in [0.25, 0.3) is 0 Å². The molecule has 3 heteroatoms. The van der Waals surface area contributed by atoms with Crippen molar-refractivity contribution in [1.82, 2.24) is 0 Å². The van der Waals surface area contributed by atoms with Gasteiger partial charge >= 0.3 is 7.12 Å². The highest BCUT2D eigenvalue weighted by Crippen LogP contribution is 2.70. The van der Waals surface area contributed by atoms with E-state index in [-0.39, 0.29) is 5.31 Å². The van der Waals surface area contributed by atoms with Crippen LogP contribution in [-0.2, 0) is 0 Å². The summed E-state index contributed by atoms with van der Waals surface area (Å²) in [6, 6.07) is 0. The SMILES string of the molecule is OB(O)C12CCCC1C2. The molecule has 0 spiro atoms. The predicted octanol–water partition coefficient (Wildman–Crippen LogP) is 0.403. The molecule has 0 aliphatic heterocycles. The summed E-state index contributed by atoms with van der Waals surface area (Å²) in [6.45, 7) is 0. The molecule has 2 N–H and O–H groups in total. The summed E-state index contributed by atoms with van der Waals surface area (Å²) in [4.78, 5) is 0. The Hall–Kier alpha value is -0.0151. The van der Waals surface area contributed by atoms with Crippen LogP contribution in [0.15, 0.2) is 0 Å². The van der Waals surface area contributed by atoms with Crippen molar-refractivity contribution in [1.29, 1.82) is 0 Å². The van der Waals surface area contributed by atoms with Gasteiger partial charge in [0.15, 0.2) is 0 Å². The van der Waals surface area contributed by atoms with Gasteiger partial charge in [-0.05, 0) is 18.8 Å². The first kappa shape index (κ1) is 5.75. The number of rotatable bonds is 1. The molecule has 2 aliphatic carbocycles.